The quantitative estimate of drug-likeness (QED) is 0.114. The maximum atomic E-state index is 14.2. The van der Waals surface area contributed by atoms with Crippen molar-refractivity contribution in [3.8, 4) is 5.75 Å². The molecule has 2 aliphatic carbocycles. The van der Waals surface area contributed by atoms with Gasteiger partial charge < -0.3 is 30.9 Å². The van der Waals surface area contributed by atoms with Crippen LogP contribution in [0.25, 0.3) is 0 Å². The normalized spacial score (nSPS) is 21.3. The zero-order chi connectivity index (χ0) is 39.7. The molecule has 1 saturated heterocycles. The van der Waals surface area contributed by atoms with Gasteiger partial charge in [0.05, 0.1) is 28.5 Å². The van der Waals surface area contributed by atoms with E-state index >= 15 is 0 Å². The molecule has 5 amide bonds. The second-order valence-electron chi connectivity index (χ2n) is 14.5. The summed E-state index contributed by atoms with van der Waals surface area (Å²) in [5, 5.41) is 11.0. The van der Waals surface area contributed by atoms with Gasteiger partial charge in [0.15, 0.2) is 0 Å². The molecule has 0 radical (unpaired) electrons. The van der Waals surface area contributed by atoms with Crippen LogP contribution in [0.3, 0.4) is 0 Å². The van der Waals surface area contributed by atoms with Gasteiger partial charge in [0.2, 0.25) is 23.5 Å². The summed E-state index contributed by atoms with van der Waals surface area (Å²) in [4.78, 5) is 90.7. The van der Waals surface area contributed by atoms with Gasteiger partial charge in [0.1, 0.15) is 35.7 Å². The van der Waals surface area contributed by atoms with Crippen molar-refractivity contribution < 1.29 is 37.7 Å². The molecule has 0 bridgehead atoms. The van der Waals surface area contributed by atoms with Gasteiger partial charge in [0, 0.05) is 29.8 Å². The Kier molecular flexibility index (Phi) is 14.0. The van der Waals surface area contributed by atoms with Crippen LogP contribution in [0.1, 0.15) is 88.5 Å². The summed E-state index contributed by atoms with van der Waals surface area (Å²) in [6.45, 7) is 3.27. The molecule has 3 fully saturated rings. The zero-order valence-electron chi connectivity index (χ0n) is 31.6. The average molecular weight is 781 g/mol. The number of carbonyl (C=O) groups excluding carboxylic acids is 6. The lowest BCUT2D eigenvalue weighted by Gasteiger charge is -2.32. The van der Waals surface area contributed by atoms with Crippen LogP contribution in [0.15, 0.2) is 47.8 Å². The van der Waals surface area contributed by atoms with E-state index in [1.165, 1.54) is 37.5 Å². The number of likely N-dealkylation sites (tertiary alicyclic amines) is 1. The van der Waals surface area contributed by atoms with Crippen LogP contribution in [0.5, 0.6) is 5.75 Å². The Bertz CT molecular complexity index is 1830. The van der Waals surface area contributed by atoms with E-state index in [2.05, 4.69) is 41.8 Å². The largest absolute Gasteiger partial charge is 0.488 e. The SMILES string of the molecule is C=S(=O)(NC)c1cccc(O[C@@H]2C[C@@H](C(=O)N[C@@H](CCC)C(=O)C(=O)NC3CC3)N(C(=O)[C@H](C)NC(=O)[C@@H](NC(=O)c3cnccn3)C3CCCCC3)C2)c1. The molecule has 2 saturated carbocycles. The molecule has 2 heterocycles. The molecule has 5 rings (SSSR count). The van der Waals surface area contributed by atoms with Crippen molar-refractivity contribution in [2.24, 2.45) is 5.92 Å². The molecule has 6 atom stereocenters. The summed E-state index contributed by atoms with van der Waals surface area (Å²) >= 11 is 0. The summed E-state index contributed by atoms with van der Waals surface area (Å²) in [6, 6.07) is 2.17. The molecule has 298 valence electrons. The third kappa shape index (κ3) is 10.9. The average Bonchev–Trinajstić information content (AvgIpc) is 3.91. The Balaban J connectivity index is 1.35. The van der Waals surface area contributed by atoms with Gasteiger partial charge in [0.25, 0.3) is 11.8 Å². The highest BCUT2D eigenvalue weighted by molar-refractivity contribution is 7.98. The third-order valence-electron chi connectivity index (χ3n) is 10.2. The smallest absolute Gasteiger partial charge is 0.289 e. The maximum absolute atomic E-state index is 14.2. The number of carbonyl (C=O) groups is 6. The fraction of sp³-hybridized carbons (Fsp3) is 0.553. The van der Waals surface area contributed by atoms with Crippen molar-refractivity contribution in [2.45, 2.75) is 119 Å². The first-order chi connectivity index (χ1) is 26.3. The Morgan fingerprint density at radius 2 is 1.76 bits per heavy atom. The van der Waals surface area contributed by atoms with E-state index < -0.39 is 75.3 Å². The lowest BCUT2D eigenvalue weighted by atomic mass is 9.83. The molecule has 1 aliphatic heterocycles. The van der Waals surface area contributed by atoms with Gasteiger partial charge in [-0.2, -0.15) is 0 Å². The topological polar surface area (TPSA) is 218 Å². The number of ketones is 1. The lowest BCUT2D eigenvalue weighted by molar-refractivity contribution is -0.143. The number of hydrogen-bond acceptors (Lipinski definition) is 10. The number of amides is 5. The number of ether oxygens (including phenoxy) is 1. The minimum Gasteiger partial charge on any atom is -0.488 e. The Hall–Kier alpha value is -4.90. The molecule has 0 spiro atoms. The summed E-state index contributed by atoms with van der Waals surface area (Å²) in [5.74, 6) is 0.0392. The van der Waals surface area contributed by atoms with Gasteiger partial charge in [-0.25, -0.2) is 13.9 Å². The number of hydrogen-bond donors (Lipinski definition) is 5. The number of aromatic nitrogens is 2. The number of Topliss-reactive ketones (excluding diaryl/α,β-unsaturated/α-hetero) is 1. The van der Waals surface area contributed by atoms with Crippen LogP contribution in [0, 0.1) is 5.92 Å². The van der Waals surface area contributed by atoms with Crippen molar-refractivity contribution in [2.75, 3.05) is 13.6 Å². The van der Waals surface area contributed by atoms with Gasteiger partial charge in [-0.05, 0) is 76.1 Å². The number of nitrogens with one attached hydrogen (secondary N) is 5. The first-order valence-electron chi connectivity index (χ1n) is 19.0. The highest BCUT2D eigenvalue weighted by Crippen LogP contribution is 2.28. The Morgan fingerprint density at radius 3 is 2.42 bits per heavy atom. The molecule has 16 nitrogen and oxygen atoms in total. The molecular formula is C38H52N8O8S. The summed E-state index contributed by atoms with van der Waals surface area (Å²) in [7, 11) is -1.27. The van der Waals surface area contributed by atoms with Crippen molar-refractivity contribution in [3.05, 3.63) is 48.5 Å². The molecule has 1 aromatic carbocycles. The fourth-order valence-corrected chi connectivity index (χ4v) is 7.86. The summed E-state index contributed by atoms with van der Waals surface area (Å²) in [5.41, 5.74) is 0.0520. The molecule has 1 unspecified atom stereocenters. The predicted molar refractivity (Wildman–Crippen MR) is 204 cm³/mol. The number of rotatable bonds is 17. The van der Waals surface area contributed by atoms with Crippen molar-refractivity contribution in [3.63, 3.8) is 0 Å². The Labute approximate surface area is 321 Å². The maximum Gasteiger partial charge on any atom is 0.289 e. The van der Waals surface area contributed by atoms with E-state index in [1.54, 1.807) is 24.3 Å². The van der Waals surface area contributed by atoms with E-state index in [0.29, 0.717) is 29.9 Å². The molecule has 17 heteroatoms. The van der Waals surface area contributed by atoms with Gasteiger partial charge in [-0.3, -0.25) is 33.8 Å². The summed E-state index contributed by atoms with van der Waals surface area (Å²) < 4.78 is 21.8. The first-order valence-corrected chi connectivity index (χ1v) is 20.7. The first kappa shape index (κ1) is 41.3. The van der Waals surface area contributed by atoms with Gasteiger partial charge in [-0.15, -0.1) is 0 Å². The van der Waals surface area contributed by atoms with Crippen molar-refractivity contribution in [1.29, 1.82) is 0 Å². The van der Waals surface area contributed by atoms with Crippen LogP contribution in [0.2, 0.25) is 0 Å². The van der Waals surface area contributed by atoms with Crippen LogP contribution in [-0.4, -0.2) is 110 Å². The van der Waals surface area contributed by atoms with Crippen molar-refractivity contribution >= 4 is 50.9 Å². The number of benzene rings is 1. The van der Waals surface area contributed by atoms with E-state index in [0.717, 1.165) is 32.1 Å². The Morgan fingerprint density at radius 1 is 1.02 bits per heavy atom. The fourth-order valence-electron chi connectivity index (χ4n) is 7.02. The number of nitrogens with zero attached hydrogens (tertiary/aromatic N) is 3. The van der Waals surface area contributed by atoms with Crippen LogP contribution >= 0.6 is 0 Å². The highest BCUT2D eigenvalue weighted by atomic mass is 32.2. The van der Waals surface area contributed by atoms with Crippen LogP contribution < -0.4 is 30.7 Å². The van der Waals surface area contributed by atoms with E-state index in [1.807, 2.05) is 6.92 Å². The summed E-state index contributed by atoms with van der Waals surface area (Å²) in [6.07, 6.45) is 9.95. The molecule has 3 aliphatic rings. The minimum absolute atomic E-state index is 0.0222. The van der Waals surface area contributed by atoms with E-state index in [-0.39, 0.29) is 37.0 Å². The second-order valence-corrected chi connectivity index (χ2v) is 16.7. The van der Waals surface area contributed by atoms with Gasteiger partial charge >= 0.3 is 0 Å². The van der Waals surface area contributed by atoms with Crippen molar-refractivity contribution in [1.82, 2.24) is 40.9 Å². The molecule has 55 heavy (non-hydrogen) atoms. The van der Waals surface area contributed by atoms with E-state index in [4.69, 9.17) is 4.74 Å². The molecular weight excluding hydrogens is 729 g/mol. The predicted octanol–water partition coefficient (Wildman–Crippen LogP) is 1.05. The molecule has 5 N–H and O–H groups in total. The van der Waals surface area contributed by atoms with Gasteiger partial charge in [-0.1, -0.05) is 38.7 Å². The molecule has 1 aromatic heterocycles. The second kappa shape index (κ2) is 18.6. The zero-order valence-corrected chi connectivity index (χ0v) is 32.4. The standard InChI is InChI=1S/C38H52N8O8S/c1-5-10-29(33(47)37(51)43-25-15-16-25)44-35(49)31-20-27(54-26-13-9-14-28(19-26)55(4,53)39-3)22-46(31)38(52)23(2)42-36(50)32(24-11-7-6-8-12-24)45-34(48)30-21-40-17-18-41-30/h9,13-14,17-19,21,23-25,27,29,31-32H,4-8,10-12,15-16,20,22H2,1-3H3,(H,39,53)(H,42,50)(H,43,51)(H,44,49)(H,45,48)/t23-,27+,29-,31-,32-,55?/m0/s1. The van der Waals surface area contributed by atoms with Crippen LogP contribution in [0.4, 0.5) is 0 Å². The minimum atomic E-state index is -2.80. The van der Waals surface area contributed by atoms with E-state index in [9.17, 15) is 33.0 Å². The third-order valence-corrected chi connectivity index (χ3v) is 11.9. The van der Waals surface area contributed by atoms with Crippen LogP contribution in [-0.2, 0) is 33.7 Å². The monoisotopic (exact) mass is 780 g/mol. The highest BCUT2D eigenvalue weighted by Gasteiger charge is 2.44. The molecule has 2 aromatic rings. The lowest BCUT2D eigenvalue weighted by Crippen LogP contribution is -2.58.